The molecule has 6 heteroatoms. The molecule has 0 N–H and O–H groups in total. The van der Waals surface area contributed by atoms with Crippen molar-refractivity contribution in [3.05, 3.63) is 109 Å². The Hall–Kier alpha value is -3.93. The lowest BCUT2D eigenvalue weighted by Gasteiger charge is -2.18. The number of allylic oxidation sites excluding steroid dienone is 18. The molecule has 464 valence electrons. The molecule has 0 bridgehead atoms. The smallest absolute Gasteiger partial charge is 0.306 e. The molecule has 0 heterocycles. The highest BCUT2D eigenvalue weighted by Gasteiger charge is 2.19. The quantitative estimate of drug-likeness (QED) is 0.0261. The minimum Gasteiger partial charge on any atom is -0.462 e. The first-order valence-corrected chi connectivity index (χ1v) is 34.4. The zero-order valence-corrected chi connectivity index (χ0v) is 53.3. The molecule has 0 aromatic heterocycles. The molecular weight excluding hydrogens is 997 g/mol. The summed E-state index contributed by atoms with van der Waals surface area (Å²) in [7, 11) is 0. The van der Waals surface area contributed by atoms with Crippen LogP contribution in [0.15, 0.2) is 109 Å². The van der Waals surface area contributed by atoms with Crippen LogP contribution in [0.2, 0.25) is 0 Å². The largest absolute Gasteiger partial charge is 0.462 e. The van der Waals surface area contributed by atoms with Crippen LogP contribution in [0.25, 0.3) is 0 Å². The molecule has 0 spiro atoms. The van der Waals surface area contributed by atoms with Crippen molar-refractivity contribution in [1.82, 2.24) is 0 Å². The topological polar surface area (TPSA) is 78.9 Å². The Labute approximate surface area is 501 Å². The van der Waals surface area contributed by atoms with Crippen molar-refractivity contribution >= 4 is 17.9 Å². The Morgan fingerprint density at radius 3 is 0.765 bits per heavy atom. The molecular formula is C75H128O6. The van der Waals surface area contributed by atoms with E-state index in [1.807, 2.05) is 0 Å². The number of hydrogen-bond donors (Lipinski definition) is 0. The molecule has 0 aliphatic rings. The first-order chi connectivity index (χ1) is 40.0. The Bertz CT molecular complexity index is 1620. The second-order valence-electron chi connectivity index (χ2n) is 22.7. The molecule has 0 aromatic carbocycles. The molecule has 0 aliphatic carbocycles. The van der Waals surface area contributed by atoms with Gasteiger partial charge >= 0.3 is 17.9 Å². The first kappa shape index (κ1) is 77.1. The lowest BCUT2D eigenvalue weighted by atomic mass is 10.1. The third kappa shape index (κ3) is 66.8. The van der Waals surface area contributed by atoms with Crippen LogP contribution in [0.1, 0.15) is 329 Å². The van der Waals surface area contributed by atoms with Crippen LogP contribution in [0, 0.1) is 0 Å². The lowest BCUT2D eigenvalue weighted by molar-refractivity contribution is -0.167. The maximum Gasteiger partial charge on any atom is 0.306 e. The Morgan fingerprint density at radius 1 is 0.259 bits per heavy atom. The van der Waals surface area contributed by atoms with Gasteiger partial charge < -0.3 is 14.2 Å². The molecule has 1 unspecified atom stereocenters. The van der Waals surface area contributed by atoms with Gasteiger partial charge in [-0.3, -0.25) is 14.4 Å². The van der Waals surface area contributed by atoms with Gasteiger partial charge in [-0.25, -0.2) is 0 Å². The summed E-state index contributed by atoms with van der Waals surface area (Å²) in [5, 5.41) is 0. The highest BCUT2D eigenvalue weighted by atomic mass is 16.6. The fourth-order valence-corrected chi connectivity index (χ4v) is 9.59. The highest BCUT2D eigenvalue weighted by Crippen LogP contribution is 2.16. The van der Waals surface area contributed by atoms with Crippen molar-refractivity contribution in [3.8, 4) is 0 Å². The molecule has 0 radical (unpaired) electrons. The standard InChI is InChI=1S/C75H128O6/c1-4-7-10-13-16-19-22-25-28-31-33-35-36-37-38-40-41-44-47-50-53-56-59-62-65-68-74(77)80-71-72(70-79-73(76)67-64-61-58-55-52-49-46-43-30-27-24-21-18-15-12-9-6-3)81-75(78)69-66-63-60-57-54-51-48-45-42-39-34-32-29-26-23-20-17-14-11-8-5-2/h7,10,16,19,23,25-28,30,32-35,37-38,42,45,72H,4-6,8-9,11-15,17-18,20-22,24,29,31,36,39-41,43-44,46-71H2,1-3H3/b10-7-,19-16-,26-23-,28-25-,30-27-,34-32-,35-33-,38-37-,45-42-. The second kappa shape index (κ2) is 68.6. The predicted octanol–water partition coefficient (Wildman–Crippen LogP) is 23.8. The molecule has 0 aliphatic heterocycles. The number of carbonyl (C=O) groups is 3. The fraction of sp³-hybridized carbons (Fsp3) is 0.720. The van der Waals surface area contributed by atoms with Crippen LogP contribution in [0.3, 0.4) is 0 Å². The maximum absolute atomic E-state index is 13.0. The summed E-state index contributed by atoms with van der Waals surface area (Å²) in [6.07, 6.45) is 93.8. The van der Waals surface area contributed by atoms with E-state index in [2.05, 4.69) is 130 Å². The summed E-state index contributed by atoms with van der Waals surface area (Å²) in [5.74, 6) is -0.899. The van der Waals surface area contributed by atoms with E-state index in [0.717, 1.165) is 122 Å². The van der Waals surface area contributed by atoms with Gasteiger partial charge in [0, 0.05) is 19.3 Å². The van der Waals surface area contributed by atoms with Crippen molar-refractivity contribution in [2.24, 2.45) is 0 Å². The van der Waals surface area contributed by atoms with E-state index >= 15 is 0 Å². The molecule has 81 heavy (non-hydrogen) atoms. The molecule has 0 aromatic rings. The summed E-state index contributed by atoms with van der Waals surface area (Å²) < 4.78 is 17.0. The second-order valence-corrected chi connectivity index (χ2v) is 22.7. The Balaban J connectivity index is 4.41. The molecule has 6 nitrogen and oxygen atoms in total. The summed E-state index contributed by atoms with van der Waals surface area (Å²) in [6.45, 7) is 6.52. The van der Waals surface area contributed by atoms with Crippen molar-refractivity contribution in [2.75, 3.05) is 13.2 Å². The highest BCUT2D eigenvalue weighted by molar-refractivity contribution is 5.71. The van der Waals surface area contributed by atoms with E-state index in [-0.39, 0.29) is 31.1 Å². The number of unbranched alkanes of at least 4 members (excludes halogenated alkanes) is 33. The van der Waals surface area contributed by atoms with E-state index in [9.17, 15) is 14.4 Å². The average molecular weight is 1130 g/mol. The van der Waals surface area contributed by atoms with Gasteiger partial charge in [-0.15, -0.1) is 0 Å². The number of carbonyl (C=O) groups excluding carboxylic acids is 3. The minimum atomic E-state index is -0.793. The van der Waals surface area contributed by atoms with E-state index in [4.69, 9.17) is 14.2 Å². The molecule has 0 saturated carbocycles. The Morgan fingerprint density at radius 2 is 0.481 bits per heavy atom. The van der Waals surface area contributed by atoms with Gasteiger partial charge in [0.2, 0.25) is 0 Å². The van der Waals surface area contributed by atoms with Crippen molar-refractivity contribution < 1.29 is 28.6 Å². The van der Waals surface area contributed by atoms with E-state index in [1.54, 1.807) is 0 Å². The molecule has 0 saturated heterocycles. The first-order valence-electron chi connectivity index (χ1n) is 34.4. The van der Waals surface area contributed by atoms with Gasteiger partial charge in [-0.05, 0) is 128 Å². The van der Waals surface area contributed by atoms with Crippen molar-refractivity contribution in [3.63, 3.8) is 0 Å². The van der Waals surface area contributed by atoms with Crippen LogP contribution >= 0.6 is 0 Å². The van der Waals surface area contributed by atoms with E-state index in [1.165, 1.54) is 167 Å². The SMILES string of the molecule is CC/C=C\C/C=C\C/C=C\C/C=C\C/C=C\CCCCCCCCCCCC(=O)OCC(COC(=O)CCCCCCCCC/C=C\CCCCCCCC)OC(=O)CCCCCCCC/C=C\C/C=C\C/C=C\CCCCCCC. The zero-order valence-electron chi connectivity index (χ0n) is 53.3. The summed E-state index contributed by atoms with van der Waals surface area (Å²) in [6, 6.07) is 0. The summed E-state index contributed by atoms with van der Waals surface area (Å²) in [5.41, 5.74) is 0. The molecule has 0 amide bonds. The van der Waals surface area contributed by atoms with Gasteiger partial charge in [-0.1, -0.05) is 291 Å². The van der Waals surface area contributed by atoms with Gasteiger partial charge in [0.15, 0.2) is 6.10 Å². The normalized spacial score (nSPS) is 12.8. The number of hydrogen-bond acceptors (Lipinski definition) is 6. The Kier molecular flexibility index (Phi) is 65.2. The van der Waals surface area contributed by atoms with Crippen LogP contribution in [-0.4, -0.2) is 37.2 Å². The van der Waals surface area contributed by atoms with Crippen LogP contribution < -0.4 is 0 Å². The van der Waals surface area contributed by atoms with Gasteiger partial charge in [0.05, 0.1) is 0 Å². The fourth-order valence-electron chi connectivity index (χ4n) is 9.59. The van der Waals surface area contributed by atoms with Gasteiger partial charge in [0.25, 0.3) is 0 Å². The van der Waals surface area contributed by atoms with Crippen molar-refractivity contribution in [1.29, 1.82) is 0 Å². The number of esters is 3. The van der Waals surface area contributed by atoms with Crippen LogP contribution in [0.4, 0.5) is 0 Å². The van der Waals surface area contributed by atoms with Crippen molar-refractivity contribution in [2.45, 2.75) is 335 Å². The molecule has 0 fully saturated rings. The van der Waals surface area contributed by atoms with Crippen LogP contribution in [0.5, 0.6) is 0 Å². The maximum atomic E-state index is 13.0. The van der Waals surface area contributed by atoms with Crippen LogP contribution in [-0.2, 0) is 28.6 Å². The molecule has 1 atom stereocenters. The zero-order chi connectivity index (χ0) is 58.5. The molecule has 0 rings (SSSR count). The monoisotopic (exact) mass is 1120 g/mol. The third-order valence-corrected chi connectivity index (χ3v) is 14.7. The van der Waals surface area contributed by atoms with Gasteiger partial charge in [-0.2, -0.15) is 0 Å². The van der Waals surface area contributed by atoms with E-state index in [0.29, 0.717) is 19.3 Å². The summed E-state index contributed by atoms with van der Waals surface area (Å²) in [4.78, 5) is 38.5. The van der Waals surface area contributed by atoms with E-state index < -0.39 is 6.10 Å². The minimum absolute atomic E-state index is 0.0873. The van der Waals surface area contributed by atoms with Gasteiger partial charge in [0.1, 0.15) is 13.2 Å². The number of rotatable bonds is 62. The number of ether oxygens (including phenoxy) is 3. The average Bonchev–Trinajstić information content (AvgIpc) is 3.47. The lowest BCUT2D eigenvalue weighted by Crippen LogP contribution is -2.30. The third-order valence-electron chi connectivity index (χ3n) is 14.7. The summed E-state index contributed by atoms with van der Waals surface area (Å²) >= 11 is 0. The predicted molar refractivity (Wildman–Crippen MR) is 353 cm³/mol.